The highest BCUT2D eigenvalue weighted by molar-refractivity contribution is 6.04. The lowest BCUT2D eigenvalue weighted by molar-refractivity contribution is -0.00518. The molecule has 4 aliphatic rings. The van der Waals surface area contributed by atoms with E-state index in [4.69, 9.17) is 15.0 Å². The predicted octanol–water partition coefficient (Wildman–Crippen LogP) is 10.0. The van der Waals surface area contributed by atoms with Crippen molar-refractivity contribution in [2.45, 2.75) is 43.9 Å². The lowest BCUT2D eigenvalue weighted by Gasteiger charge is -2.57. The normalized spacial score (nSPS) is 23.0. The van der Waals surface area contributed by atoms with Gasteiger partial charge in [-0.05, 0) is 107 Å². The zero-order chi connectivity index (χ0) is 30.7. The Labute approximate surface area is 269 Å². The van der Waals surface area contributed by atoms with Gasteiger partial charge >= 0.3 is 0 Å². The Kier molecular flexibility index (Phi) is 6.35. The van der Waals surface area contributed by atoms with E-state index in [1.54, 1.807) is 0 Å². The molecule has 5 aromatic carbocycles. The van der Waals surface area contributed by atoms with E-state index in [1.807, 2.05) is 78.9 Å². The second kappa shape index (κ2) is 10.7. The Morgan fingerprint density at radius 1 is 0.522 bits per heavy atom. The molecule has 4 saturated carbocycles. The van der Waals surface area contributed by atoms with Crippen LogP contribution in [0.5, 0.6) is 0 Å². The molecular formula is C42H34N4. The molecule has 4 fully saturated rings. The minimum atomic E-state index is 0.374. The minimum absolute atomic E-state index is 0.374. The zero-order valence-corrected chi connectivity index (χ0v) is 25.7. The van der Waals surface area contributed by atoms with Gasteiger partial charge in [0.2, 0.25) is 0 Å². The van der Waals surface area contributed by atoms with Crippen molar-refractivity contribution in [3.05, 3.63) is 126 Å². The molecule has 46 heavy (non-hydrogen) atoms. The maximum Gasteiger partial charge on any atom is 0.164 e. The first-order chi connectivity index (χ1) is 22.6. The molecule has 4 heteroatoms. The van der Waals surface area contributed by atoms with E-state index < -0.39 is 0 Å². The van der Waals surface area contributed by atoms with E-state index in [2.05, 4.69) is 42.5 Å². The van der Waals surface area contributed by atoms with Gasteiger partial charge in [0.15, 0.2) is 17.5 Å². The quantitative estimate of drug-likeness (QED) is 0.199. The summed E-state index contributed by atoms with van der Waals surface area (Å²) in [4.78, 5) is 14.9. The van der Waals surface area contributed by atoms with Gasteiger partial charge in [-0.3, -0.25) is 0 Å². The second-order valence-corrected chi connectivity index (χ2v) is 13.8. The van der Waals surface area contributed by atoms with Gasteiger partial charge in [0, 0.05) is 16.7 Å². The van der Waals surface area contributed by atoms with Crippen LogP contribution in [0.25, 0.3) is 56.1 Å². The summed E-state index contributed by atoms with van der Waals surface area (Å²) in [6.45, 7) is 0. The van der Waals surface area contributed by atoms with Crippen molar-refractivity contribution in [3.63, 3.8) is 0 Å². The summed E-state index contributed by atoms with van der Waals surface area (Å²) in [5, 5.41) is 11.9. The van der Waals surface area contributed by atoms with Crippen LogP contribution in [-0.4, -0.2) is 15.0 Å². The van der Waals surface area contributed by atoms with Gasteiger partial charge in [-0.2, -0.15) is 5.26 Å². The van der Waals surface area contributed by atoms with Crippen LogP contribution in [0, 0.1) is 29.1 Å². The molecular weight excluding hydrogens is 560 g/mol. The van der Waals surface area contributed by atoms with E-state index in [-0.39, 0.29) is 0 Å². The smallest absolute Gasteiger partial charge is 0.164 e. The fourth-order valence-electron chi connectivity index (χ4n) is 9.26. The first-order valence-electron chi connectivity index (χ1n) is 16.6. The maximum absolute atomic E-state index is 9.87. The van der Waals surface area contributed by atoms with Gasteiger partial charge in [-0.15, -0.1) is 0 Å². The Morgan fingerprint density at radius 3 is 1.63 bits per heavy atom. The number of hydrogen-bond donors (Lipinski definition) is 0. The van der Waals surface area contributed by atoms with Crippen molar-refractivity contribution in [3.8, 4) is 51.4 Å². The van der Waals surface area contributed by atoms with Gasteiger partial charge in [0.05, 0.1) is 11.6 Å². The molecule has 4 aliphatic carbocycles. The fraction of sp³-hybridized carbons (Fsp3) is 0.238. The maximum atomic E-state index is 9.87. The van der Waals surface area contributed by atoms with Crippen LogP contribution in [0.3, 0.4) is 0 Å². The predicted molar refractivity (Wildman–Crippen MR) is 184 cm³/mol. The van der Waals surface area contributed by atoms with Crippen LogP contribution in [-0.2, 0) is 5.41 Å². The third-order valence-electron chi connectivity index (χ3n) is 10.9. The molecule has 0 radical (unpaired) electrons. The minimum Gasteiger partial charge on any atom is -0.208 e. The van der Waals surface area contributed by atoms with Gasteiger partial charge in [-0.1, -0.05) is 97.1 Å². The van der Waals surface area contributed by atoms with E-state index in [9.17, 15) is 5.26 Å². The fourth-order valence-corrected chi connectivity index (χ4v) is 9.26. The average Bonchev–Trinajstić information content (AvgIpc) is 3.11. The number of fused-ring (bicyclic) bond motifs is 1. The highest BCUT2D eigenvalue weighted by Crippen LogP contribution is 2.60. The third kappa shape index (κ3) is 4.62. The Bertz CT molecular complexity index is 2030. The van der Waals surface area contributed by atoms with Gasteiger partial charge in [0.1, 0.15) is 0 Å². The SMILES string of the molecule is N#Cc1ccc2c(-c3nc(-c4ccccc4)nc(-c4ccccc4)n3)ccc(-c3ccc(C45C[C@H]6C[C@@H](C4)C[C@@H](C5)C6)cc3)c2c1. The molecule has 0 amide bonds. The summed E-state index contributed by atoms with van der Waals surface area (Å²) >= 11 is 0. The molecule has 0 N–H and O–H groups in total. The monoisotopic (exact) mass is 594 g/mol. The summed E-state index contributed by atoms with van der Waals surface area (Å²) in [5.74, 6) is 4.66. The van der Waals surface area contributed by atoms with E-state index in [0.29, 0.717) is 28.5 Å². The summed E-state index contributed by atoms with van der Waals surface area (Å²) in [6, 6.07) is 42.2. The van der Waals surface area contributed by atoms with Crippen LogP contribution in [0.15, 0.2) is 115 Å². The van der Waals surface area contributed by atoms with Crippen LogP contribution in [0.2, 0.25) is 0 Å². The average molecular weight is 595 g/mol. The molecule has 4 nitrogen and oxygen atoms in total. The van der Waals surface area contributed by atoms with Crippen LogP contribution < -0.4 is 0 Å². The second-order valence-electron chi connectivity index (χ2n) is 13.8. The molecule has 1 heterocycles. The highest BCUT2D eigenvalue weighted by Gasteiger charge is 2.51. The van der Waals surface area contributed by atoms with E-state index in [1.165, 1.54) is 49.7 Å². The first kappa shape index (κ1) is 27.2. The van der Waals surface area contributed by atoms with Crippen LogP contribution >= 0.6 is 0 Å². The first-order valence-corrected chi connectivity index (χ1v) is 16.6. The molecule has 0 aliphatic heterocycles. The summed E-state index contributed by atoms with van der Waals surface area (Å²) in [5.41, 5.74) is 7.64. The topological polar surface area (TPSA) is 62.5 Å². The van der Waals surface area contributed by atoms with Crippen LogP contribution in [0.1, 0.15) is 49.7 Å². The lowest BCUT2D eigenvalue weighted by atomic mass is 9.48. The van der Waals surface area contributed by atoms with Crippen LogP contribution in [0.4, 0.5) is 0 Å². The van der Waals surface area contributed by atoms with Gasteiger partial charge in [-0.25, -0.2) is 15.0 Å². The van der Waals surface area contributed by atoms with E-state index in [0.717, 1.165) is 50.8 Å². The largest absolute Gasteiger partial charge is 0.208 e. The number of nitriles is 1. The molecule has 0 unspecified atom stereocenters. The number of benzene rings is 5. The summed E-state index contributed by atoms with van der Waals surface area (Å²) in [7, 11) is 0. The van der Waals surface area contributed by atoms with E-state index >= 15 is 0 Å². The number of hydrogen-bond acceptors (Lipinski definition) is 4. The summed E-state index contributed by atoms with van der Waals surface area (Å²) < 4.78 is 0. The number of nitrogens with zero attached hydrogens (tertiary/aromatic N) is 4. The molecule has 10 rings (SSSR count). The molecule has 0 spiro atoms. The summed E-state index contributed by atoms with van der Waals surface area (Å²) in [6.07, 6.45) is 8.46. The van der Waals surface area contributed by atoms with Gasteiger partial charge in [0.25, 0.3) is 0 Å². The van der Waals surface area contributed by atoms with Gasteiger partial charge < -0.3 is 0 Å². The molecule has 222 valence electrons. The van der Waals surface area contributed by atoms with Crippen molar-refractivity contribution >= 4 is 10.8 Å². The molecule has 6 aromatic rings. The molecule has 0 saturated heterocycles. The van der Waals surface area contributed by atoms with Crippen molar-refractivity contribution in [2.24, 2.45) is 17.8 Å². The van der Waals surface area contributed by atoms with Crippen molar-refractivity contribution in [1.82, 2.24) is 15.0 Å². The number of rotatable bonds is 5. The zero-order valence-electron chi connectivity index (χ0n) is 25.7. The molecule has 0 atom stereocenters. The Morgan fingerprint density at radius 2 is 1.07 bits per heavy atom. The number of aromatic nitrogens is 3. The Hall–Kier alpha value is -5.14. The Balaban J connectivity index is 1.16. The standard InChI is InChI=1S/C42H34N4/c43-26-27-11-16-36-37(41-45-39(32-7-3-1-4-8-32)44-40(46-41)33-9-5-2-6-10-33)18-17-35(38(36)22-27)31-12-14-34(15-13-31)42-23-28-19-29(24-42)21-30(20-28)25-42/h1-18,22,28-30H,19-21,23-25H2/t28-,29+,30-,42?. The van der Waals surface area contributed by atoms with Crippen molar-refractivity contribution in [2.75, 3.05) is 0 Å². The van der Waals surface area contributed by atoms with Crippen molar-refractivity contribution < 1.29 is 0 Å². The highest BCUT2D eigenvalue weighted by atomic mass is 15.0. The van der Waals surface area contributed by atoms with Crippen molar-refractivity contribution in [1.29, 1.82) is 5.26 Å². The molecule has 1 aromatic heterocycles. The third-order valence-corrected chi connectivity index (χ3v) is 10.9. The molecule has 4 bridgehead atoms. The lowest BCUT2D eigenvalue weighted by Crippen LogP contribution is -2.48.